The molecule has 0 unspecified atom stereocenters. The standard InChI is InChI=1S/C20H16N4O4S2/c1-2-18-23-24-20(29-18)22-19(25)15(13-21)12-14-8-6-7-11-17(14)28-30(26,27)16-9-4-3-5-10-16/h3-12H,2H2,1H3,(H,22,24,25). The number of amides is 1. The number of rotatable bonds is 7. The Bertz CT molecular complexity index is 1230. The summed E-state index contributed by atoms with van der Waals surface area (Å²) in [4.78, 5) is 12.4. The second-order valence-electron chi connectivity index (χ2n) is 5.87. The fourth-order valence-corrected chi connectivity index (χ4v) is 3.99. The van der Waals surface area contributed by atoms with Crippen LogP contribution in [-0.2, 0) is 21.3 Å². The van der Waals surface area contributed by atoms with Crippen LogP contribution in [0, 0.1) is 11.3 Å². The largest absolute Gasteiger partial charge is 0.378 e. The maximum atomic E-state index is 12.5. The highest BCUT2D eigenvalue weighted by atomic mass is 32.2. The van der Waals surface area contributed by atoms with Gasteiger partial charge >= 0.3 is 10.1 Å². The lowest BCUT2D eigenvalue weighted by molar-refractivity contribution is -0.112. The molecule has 8 nitrogen and oxygen atoms in total. The highest BCUT2D eigenvalue weighted by molar-refractivity contribution is 7.87. The molecule has 1 heterocycles. The van der Waals surface area contributed by atoms with Crippen molar-refractivity contribution >= 4 is 38.6 Å². The van der Waals surface area contributed by atoms with Crippen molar-refractivity contribution in [3.8, 4) is 11.8 Å². The molecule has 1 aromatic heterocycles. The average Bonchev–Trinajstić information content (AvgIpc) is 3.21. The van der Waals surface area contributed by atoms with Gasteiger partial charge in [-0.05, 0) is 30.7 Å². The minimum Gasteiger partial charge on any atom is -0.378 e. The number of para-hydroxylation sites is 1. The molecule has 0 saturated carbocycles. The molecule has 0 aliphatic carbocycles. The van der Waals surface area contributed by atoms with Gasteiger partial charge in [-0.3, -0.25) is 10.1 Å². The topological polar surface area (TPSA) is 122 Å². The summed E-state index contributed by atoms with van der Waals surface area (Å²) in [6.07, 6.45) is 1.93. The summed E-state index contributed by atoms with van der Waals surface area (Å²) in [7, 11) is -4.08. The van der Waals surface area contributed by atoms with E-state index in [-0.39, 0.29) is 26.9 Å². The number of hydrogen-bond donors (Lipinski definition) is 1. The quantitative estimate of drug-likeness (QED) is 0.339. The van der Waals surface area contributed by atoms with Gasteiger partial charge in [0.2, 0.25) is 5.13 Å². The van der Waals surface area contributed by atoms with Crippen molar-refractivity contribution in [2.45, 2.75) is 18.2 Å². The molecule has 0 bridgehead atoms. The molecule has 10 heteroatoms. The molecule has 2 aromatic carbocycles. The smallest absolute Gasteiger partial charge is 0.339 e. The van der Waals surface area contributed by atoms with E-state index in [9.17, 15) is 18.5 Å². The molecule has 0 saturated heterocycles. The average molecular weight is 441 g/mol. The van der Waals surface area contributed by atoms with Crippen LogP contribution in [0.25, 0.3) is 6.08 Å². The van der Waals surface area contributed by atoms with E-state index in [4.69, 9.17) is 4.18 Å². The van der Waals surface area contributed by atoms with Crippen LogP contribution in [0.3, 0.4) is 0 Å². The summed E-state index contributed by atoms with van der Waals surface area (Å²) in [6, 6.07) is 15.7. The predicted molar refractivity (Wildman–Crippen MR) is 112 cm³/mol. The van der Waals surface area contributed by atoms with E-state index in [2.05, 4.69) is 15.5 Å². The second kappa shape index (κ2) is 9.30. The number of carbonyl (C=O) groups excluding carboxylic acids is 1. The Morgan fingerprint density at radius 3 is 2.53 bits per heavy atom. The maximum Gasteiger partial charge on any atom is 0.339 e. The Morgan fingerprint density at radius 2 is 1.87 bits per heavy atom. The van der Waals surface area contributed by atoms with E-state index in [0.717, 1.165) is 5.01 Å². The Hall–Kier alpha value is -3.55. The summed E-state index contributed by atoms with van der Waals surface area (Å²) in [5.74, 6) is -0.692. The molecule has 30 heavy (non-hydrogen) atoms. The van der Waals surface area contributed by atoms with Crippen LogP contribution < -0.4 is 9.50 Å². The number of benzene rings is 2. The van der Waals surface area contributed by atoms with Crippen molar-refractivity contribution in [1.29, 1.82) is 5.26 Å². The number of aryl methyl sites for hydroxylation is 1. The monoisotopic (exact) mass is 440 g/mol. The van der Waals surface area contributed by atoms with Crippen molar-refractivity contribution < 1.29 is 17.4 Å². The molecule has 1 amide bonds. The molecule has 0 spiro atoms. The number of aromatic nitrogens is 2. The zero-order chi connectivity index (χ0) is 21.6. The summed E-state index contributed by atoms with van der Waals surface area (Å²) in [5.41, 5.74) is 0.0200. The van der Waals surface area contributed by atoms with Crippen LogP contribution in [-0.4, -0.2) is 24.5 Å². The number of nitriles is 1. The van der Waals surface area contributed by atoms with Crippen molar-refractivity contribution in [2.75, 3.05) is 5.32 Å². The van der Waals surface area contributed by atoms with Gasteiger partial charge in [0.1, 0.15) is 27.3 Å². The number of nitrogens with one attached hydrogen (secondary N) is 1. The summed E-state index contributed by atoms with van der Waals surface area (Å²) >= 11 is 1.21. The van der Waals surface area contributed by atoms with Gasteiger partial charge in [-0.25, -0.2) is 0 Å². The fraction of sp³-hybridized carbons (Fsp3) is 0.100. The van der Waals surface area contributed by atoms with Gasteiger partial charge in [-0.15, -0.1) is 10.2 Å². The third-order valence-electron chi connectivity index (χ3n) is 3.81. The molecule has 3 rings (SSSR count). The molecule has 0 fully saturated rings. The van der Waals surface area contributed by atoms with E-state index in [1.807, 2.05) is 13.0 Å². The summed E-state index contributed by atoms with van der Waals surface area (Å²) in [5, 5.41) is 20.7. The number of hydrogen-bond acceptors (Lipinski definition) is 8. The lowest BCUT2D eigenvalue weighted by atomic mass is 10.1. The summed E-state index contributed by atoms with van der Waals surface area (Å²) in [6.45, 7) is 1.91. The Kier molecular flexibility index (Phi) is 6.56. The molecule has 0 aliphatic rings. The zero-order valence-corrected chi connectivity index (χ0v) is 17.4. The molecule has 1 N–H and O–H groups in total. The lowest BCUT2D eigenvalue weighted by Gasteiger charge is -2.10. The molecule has 152 valence electrons. The van der Waals surface area contributed by atoms with E-state index in [1.165, 1.54) is 35.6 Å². The number of anilines is 1. The van der Waals surface area contributed by atoms with E-state index >= 15 is 0 Å². The first-order chi connectivity index (χ1) is 14.4. The Morgan fingerprint density at radius 1 is 1.17 bits per heavy atom. The van der Waals surface area contributed by atoms with Gasteiger partial charge < -0.3 is 4.18 Å². The van der Waals surface area contributed by atoms with Gasteiger partial charge in [-0.1, -0.05) is 54.7 Å². The predicted octanol–water partition coefficient (Wildman–Crippen LogP) is 3.41. The van der Waals surface area contributed by atoms with Crippen LogP contribution in [0.1, 0.15) is 17.5 Å². The highest BCUT2D eigenvalue weighted by Gasteiger charge is 2.19. The number of carbonyl (C=O) groups is 1. The van der Waals surface area contributed by atoms with Crippen molar-refractivity contribution in [1.82, 2.24) is 10.2 Å². The van der Waals surface area contributed by atoms with Crippen LogP contribution in [0.15, 0.2) is 65.1 Å². The fourth-order valence-electron chi connectivity index (χ4n) is 2.34. The maximum absolute atomic E-state index is 12.5. The normalized spacial score (nSPS) is 11.5. The molecular weight excluding hydrogens is 424 g/mol. The Balaban J connectivity index is 1.87. The first kappa shape index (κ1) is 21.2. The van der Waals surface area contributed by atoms with Gasteiger partial charge in [0, 0.05) is 5.56 Å². The molecule has 3 aromatic rings. The van der Waals surface area contributed by atoms with Crippen LogP contribution in [0.2, 0.25) is 0 Å². The van der Waals surface area contributed by atoms with Gasteiger partial charge in [0.05, 0.1) is 0 Å². The van der Waals surface area contributed by atoms with Crippen LogP contribution in [0.4, 0.5) is 5.13 Å². The third-order valence-corrected chi connectivity index (χ3v) is 6.04. The molecule has 0 atom stereocenters. The number of nitrogens with zero attached hydrogens (tertiary/aromatic N) is 3. The molecule has 0 radical (unpaired) electrons. The third kappa shape index (κ3) is 5.08. The first-order valence-corrected chi connectivity index (χ1v) is 11.0. The first-order valence-electron chi connectivity index (χ1n) is 8.77. The lowest BCUT2D eigenvalue weighted by Crippen LogP contribution is -2.13. The van der Waals surface area contributed by atoms with Gasteiger partial charge in [-0.2, -0.15) is 13.7 Å². The molecular formula is C20H16N4O4S2. The van der Waals surface area contributed by atoms with E-state index in [1.54, 1.807) is 36.4 Å². The molecule has 0 aliphatic heterocycles. The Labute approximate surface area is 177 Å². The van der Waals surface area contributed by atoms with Crippen LogP contribution >= 0.6 is 11.3 Å². The van der Waals surface area contributed by atoms with E-state index in [0.29, 0.717) is 6.42 Å². The SMILES string of the molecule is CCc1nnc(NC(=O)C(C#N)=Cc2ccccc2OS(=O)(=O)c2ccccc2)s1. The van der Waals surface area contributed by atoms with Crippen molar-refractivity contribution in [3.05, 3.63) is 70.7 Å². The van der Waals surface area contributed by atoms with Gasteiger partial charge in [0.15, 0.2) is 0 Å². The van der Waals surface area contributed by atoms with Crippen LogP contribution in [0.5, 0.6) is 5.75 Å². The van der Waals surface area contributed by atoms with Crippen molar-refractivity contribution in [2.24, 2.45) is 0 Å². The summed E-state index contributed by atoms with van der Waals surface area (Å²) < 4.78 is 30.3. The minimum absolute atomic E-state index is 0.00825. The van der Waals surface area contributed by atoms with E-state index < -0.39 is 16.0 Å². The van der Waals surface area contributed by atoms with Gasteiger partial charge in [0.25, 0.3) is 5.91 Å². The zero-order valence-electron chi connectivity index (χ0n) is 15.8. The van der Waals surface area contributed by atoms with Crippen molar-refractivity contribution in [3.63, 3.8) is 0 Å². The minimum atomic E-state index is -4.08. The second-order valence-corrected chi connectivity index (χ2v) is 8.48. The highest BCUT2D eigenvalue weighted by Crippen LogP contribution is 2.25.